The van der Waals surface area contributed by atoms with E-state index in [1.165, 1.54) is 0 Å². The average molecular weight is 417 g/mol. The Morgan fingerprint density at radius 2 is 1.67 bits per heavy atom. The van der Waals surface area contributed by atoms with E-state index in [0.29, 0.717) is 16.7 Å². The van der Waals surface area contributed by atoms with E-state index in [0.717, 1.165) is 21.3 Å². The van der Waals surface area contributed by atoms with Gasteiger partial charge in [0.2, 0.25) is 0 Å². The molecule has 0 atom stereocenters. The molecule has 0 unspecified atom stereocenters. The van der Waals surface area contributed by atoms with Crippen LogP contribution in [-0.4, -0.2) is 9.55 Å². The normalized spacial score (nSPS) is 11.3. The Hall–Kier alpha value is -2.98. The minimum atomic E-state index is -0.0803. The molecule has 1 aromatic heterocycles. The first-order valence-electron chi connectivity index (χ1n) is 8.65. The second-order valence-corrected chi connectivity index (χ2v) is 7.22. The standard InChI is InChI=1S/C23H17BrN2O/c1-16-7-5-6-10-21(16)26-22(14-11-17-8-3-2-4-9-17)25-20-13-12-18(24)15-19(20)23(26)27/h2-15H,1H3. The van der Waals surface area contributed by atoms with E-state index >= 15 is 0 Å². The molecule has 0 radical (unpaired) electrons. The number of para-hydroxylation sites is 1. The van der Waals surface area contributed by atoms with Gasteiger partial charge >= 0.3 is 0 Å². The Kier molecular flexibility index (Phi) is 4.73. The zero-order valence-corrected chi connectivity index (χ0v) is 16.3. The summed E-state index contributed by atoms with van der Waals surface area (Å²) < 4.78 is 2.54. The van der Waals surface area contributed by atoms with Gasteiger partial charge in [0.05, 0.1) is 16.6 Å². The van der Waals surface area contributed by atoms with Crippen molar-refractivity contribution in [2.75, 3.05) is 0 Å². The molecule has 0 saturated heterocycles. The summed E-state index contributed by atoms with van der Waals surface area (Å²) in [5, 5.41) is 0.587. The minimum Gasteiger partial charge on any atom is -0.268 e. The Bertz CT molecular complexity index is 1210. The van der Waals surface area contributed by atoms with Gasteiger partial charge in [-0.15, -0.1) is 0 Å². The average Bonchev–Trinajstić information content (AvgIpc) is 2.69. The van der Waals surface area contributed by atoms with Crippen molar-refractivity contribution in [1.82, 2.24) is 9.55 Å². The summed E-state index contributed by atoms with van der Waals surface area (Å²) in [4.78, 5) is 18.1. The van der Waals surface area contributed by atoms with E-state index in [-0.39, 0.29) is 5.56 Å². The molecule has 3 nitrogen and oxygen atoms in total. The van der Waals surface area contributed by atoms with E-state index in [1.807, 2.05) is 91.9 Å². The van der Waals surface area contributed by atoms with Crippen LogP contribution in [0.1, 0.15) is 17.0 Å². The predicted molar refractivity (Wildman–Crippen MR) is 115 cm³/mol. The van der Waals surface area contributed by atoms with Crippen LogP contribution in [0.25, 0.3) is 28.7 Å². The van der Waals surface area contributed by atoms with Gasteiger partial charge in [0.15, 0.2) is 0 Å². The topological polar surface area (TPSA) is 34.9 Å². The first kappa shape index (κ1) is 17.4. The van der Waals surface area contributed by atoms with Crippen molar-refractivity contribution in [3.63, 3.8) is 0 Å². The lowest BCUT2D eigenvalue weighted by atomic mass is 10.1. The van der Waals surface area contributed by atoms with Crippen LogP contribution in [0.5, 0.6) is 0 Å². The number of fused-ring (bicyclic) bond motifs is 1. The van der Waals surface area contributed by atoms with Gasteiger partial charge in [0.1, 0.15) is 5.82 Å². The number of hydrogen-bond acceptors (Lipinski definition) is 2. The molecule has 0 aliphatic heterocycles. The molecule has 0 N–H and O–H groups in total. The molecule has 27 heavy (non-hydrogen) atoms. The van der Waals surface area contributed by atoms with Crippen molar-refractivity contribution in [3.05, 3.63) is 105 Å². The highest BCUT2D eigenvalue weighted by Crippen LogP contribution is 2.20. The quantitative estimate of drug-likeness (QED) is 0.433. The van der Waals surface area contributed by atoms with E-state index in [2.05, 4.69) is 15.9 Å². The second kappa shape index (κ2) is 7.33. The lowest BCUT2D eigenvalue weighted by Gasteiger charge is -2.13. The Labute approximate surface area is 165 Å². The molecule has 0 bridgehead atoms. The number of hydrogen-bond donors (Lipinski definition) is 0. The number of halogens is 1. The first-order valence-corrected chi connectivity index (χ1v) is 9.44. The molecular formula is C23H17BrN2O. The zero-order valence-electron chi connectivity index (χ0n) is 14.8. The molecule has 1 heterocycles. The van der Waals surface area contributed by atoms with Crippen molar-refractivity contribution in [2.45, 2.75) is 6.92 Å². The fourth-order valence-electron chi connectivity index (χ4n) is 3.07. The van der Waals surface area contributed by atoms with Crippen LogP contribution in [0.2, 0.25) is 0 Å². The van der Waals surface area contributed by atoms with Gasteiger partial charge in [-0.2, -0.15) is 0 Å². The number of nitrogens with zero attached hydrogens (tertiary/aromatic N) is 2. The third-order valence-electron chi connectivity index (χ3n) is 4.44. The number of aryl methyl sites for hydroxylation is 1. The maximum atomic E-state index is 13.3. The molecular weight excluding hydrogens is 400 g/mol. The summed E-state index contributed by atoms with van der Waals surface area (Å²) in [7, 11) is 0. The molecule has 0 spiro atoms. The fraction of sp³-hybridized carbons (Fsp3) is 0.0435. The molecule has 132 valence electrons. The van der Waals surface area contributed by atoms with E-state index in [1.54, 1.807) is 4.57 Å². The van der Waals surface area contributed by atoms with Gasteiger partial charge in [0.25, 0.3) is 5.56 Å². The molecule has 0 amide bonds. The van der Waals surface area contributed by atoms with Gasteiger partial charge in [-0.3, -0.25) is 9.36 Å². The molecule has 4 aromatic rings. The van der Waals surface area contributed by atoms with Crippen LogP contribution in [0.15, 0.2) is 82.1 Å². The monoisotopic (exact) mass is 416 g/mol. The molecule has 3 aromatic carbocycles. The highest BCUT2D eigenvalue weighted by atomic mass is 79.9. The van der Waals surface area contributed by atoms with Crippen molar-refractivity contribution in [3.8, 4) is 5.69 Å². The minimum absolute atomic E-state index is 0.0803. The van der Waals surface area contributed by atoms with Crippen LogP contribution in [0.4, 0.5) is 0 Å². The second-order valence-electron chi connectivity index (χ2n) is 6.30. The number of rotatable bonds is 3. The van der Waals surface area contributed by atoms with Crippen LogP contribution >= 0.6 is 15.9 Å². The smallest absolute Gasteiger partial charge is 0.266 e. The summed E-state index contributed by atoms with van der Waals surface area (Å²) in [5.41, 5.74) is 3.51. The van der Waals surface area contributed by atoms with Crippen LogP contribution in [0, 0.1) is 6.92 Å². The largest absolute Gasteiger partial charge is 0.268 e. The van der Waals surface area contributed by atoms with E-state index in [4.69, 9.17) is 4.98 Å². The van der Waals surface area contributed by atoms with Crippen molar-refractivity contribution < 1.29 is 0 Å². The van der Waals surface area contributed by atoms with Gasteiger partial charge < -0.3 is 0 Å². The fourth-order valence-corrected chi connectivity index (χ4v) is 3.43. The lowest BCUT2D eigenvalue weighted by Crippen LogP contribution is -2.23. The maximum absolute atomic E-state index is 13.3. The van der Waals surface area contributed by atoms with E-state index < -0.39 is 0 Å². The number of aromatic nitrogens is 2. The Morgan fingerprint density at radius 1 is 0.926 bits per heavy atom. The van der Waals surface area contributed by atoms with Crippen molar-refractivity contribution in [2.24, 2.45) is 0 Å². The summed E-state index contributed by atoms with van der Waals surface area (Å²) in [6.45, 7) is 2.00. The van der Waals surface area contributed by atoms with Gasteiger partial charge in [-0.05, 0) is 48.4 Å². The highest BCUT2D eigenvalue weighted by molar-refractivity contribution is 9.10. The highest BCUT2D eigenvalue weighted by Gasteiger charge is 2.13. The summed E-state index contributed by atoms with van der Waals surface area (Å²) in [5.74, 6) is 0.605. The SMILES string of the molecule is Cc1ccccc1-n1c(C=Cc2ccccc2)nc2ccc(Br)cc2c1=O. The summed E-state index contributed by atoms with van der Waals surface area (Å²) in [6.07, 6.45) is 3.87. The molecule has 0 saturated carbocycles. The molecule has 4 heteroatoms. The molecule has 0 aliphatic carbocycles. The van der Waals surface area contributed by atoms with Gasteiger partial charge in [-0.25, -0.2) is 4.98 Å². The van der Waals surface area contributed by atoms with Crippen molar-refractivity contribution in [1.29, 1.82) is 0 Å². The maximum Gasteiger partial charge on any atom is 0.266 e. The predicted octanol–water partition coefficient (Wildman–Crippen LogP) is 5.63. The first-order chi connectivity index (χ1) is 13.1. The number of benzene rings is 3. The Balaban J connectivity index is 2.00. The van der Waals surface area contributed by atoms with Crippen molar-refractivity contribution >= 4 is 39.0 Å². The molecule has 0 fully saturated rings. The summed E-state index contributed by atoms with van der Waals surface area (Å²) >= 11 is 3.45. The van der Waals surface area contributed by atoms with E-state index in [9.17, 15) is 4.79 Å². The zero-order chi connectivity index (χ0) is 18.8. The Morgan fingerprint density at radius 3 is 2.44 bits per heavy atom. The van der Waals surface area contributed by atoms with Crippen LogP contribution in [-0.2, 0) is 0 Å². The van der Waals surface area contributed by atoms with Crippen LogP contribution < -0.4 is 5.56 Å². The molecule has 4 rings (SSSR count). The summed E-state index contributed by atoms with van der Waals surface area (Å²) in [6, 6.07) is 23.4. The van der Waals surface area contributed by atoms with Gasteiger partial charge in [-0.1, -0.05) is 70.5 Å². The third kappa shape index (κ3) is 3.49. The lowest BCUT2D eigenvalue weighted by molar-refractivity contribution is 0.934. The van der Waals surface area contributed by atoms with Crippen LogP contribution in [0.3, 0.4) is 0 Å². The molecule has 0 aliphatic rings. The van der Waals surface area contributed by atoms with Gasteiger partial charge in [0, 0.05) is 4.47 Å². The third-order valence-corrected chi connectivity index (χ3v) is 4.93.